The molecule has 0 amide bonds. The third kappa shape index (κ3) is 9.35. The predicted molar refractivity (Wildman–Crippen MR) is 131 cm³/mol. The van der Waals surface area contributed by atoms with Crippen molar-refractivity contribution in [3.63, 3.8) is 0 Å². The lowest BCUT2D eigenvalue weighted by Gasteiger charge is -2.11. The standard InChI is InChI=1S/C20H28N4O3S.HI/c1-4-15(2)16-5-7-17(8-6-16)23-20(21)22-13-14-27-19-11-9-18(10-12-19)24-28(3,25)26;/h5-12,15,24H,4,13-14H2,1-3H3,(H3,21,22,23);1H. The third-order valence-corrected chi connectivity index (χ3v) is 4.77. The Kier molecular flexibility index (Phi) is 10.2. The van der Waals surface area contributed by atoms with Crippen LogP contribution in [0, 0.1) is 0 Å². The molecule has 0 saturated carbocycles. The van der Waals surface area contributed by atoms with Crippen molar-refractivity contribution in [3.8, 4) is 5.75 Å². The molecule has 0 saturated heterocycles. The van der Waals surface area contributed by atoms with Crippen LogP contribution < -0.4 is 20.5 Å². The number of rotatable bonds is 9. The van der Waals surface area contributed by atoms with Gasteiger partial charge in [-0.25, -0.2) is 13.4 Å². The molecule has 4 N–H and O–H groups in total. The van der Waals surface area contributed by atoms with Gasteiger partial charge in [0.25, 0.3) is 0 Å². The van der Waals surface area contributed by atoms with Crippen LogP contribution in [0.1, 0.15) is 31.7 Å². The van der Waals surface area contributed by atoms with E-state index in [0.717, 1.165) is 18.4 Å². The van der Waals surface area contributed by atoms with Crippen molar-refractivity contribution in [2.75, 3.05) is 29.4 Å². The van der Waals surface area contributed by atoms with E-state index in [9.17, 15) is 8.42 Å². The average molecular weight is 532 g/mol. The fraction of sp³-hybridized carbons (Fsp3) is 0.350. The first kappa shape index (κ1) is 25.0. The highest BCUT2D eigenvalue weighted by molar-refractivity contribution is 14.0. The molecule has 0 radical (unpaired) electrons. The molecular formula is C20H29IN4O3S. The number of nitrogens with one attached hydrogen (secondary N) is 2. The zero-order valence-corrected chi connectivity index (χ0v) is 20.0. The van der Waals surface area contributed by atoms with E-state index in [-0.39, 0.29) is 24.0 Å². The van der Waals surface area contributed by atoms with Crippen molar-refractivity contribution in [3.05, 3.63) is 54.1 Å². The molecule has 0 aliphatic heterocycles. The Hall–Kier alpha value is -2.01. The van der Waals surface area contributed by atoms with E-state index >= 15 is 0 Å². The zero-order chi connectivity index (χ0) is 20.6. The smallest absolute Gasteiger partial charge is 0.229 e. The molecule has 29 heavy (non-hydrogen) atoms. The van der Waals surface area contributed by atoms with E-state index < -0.39 is 10.0 Å². The van der Waals surface area contributed by atoms with Crippen molar-refractivity contribution < 1.29 is 13.2 Å². The Morgan fingerprint density at radius 1 is 1.10 bits per heavy atom. The van der Waals surface area contributed by atoms with E-state index in [0.29, 0.717) is 36.5 Å². The number of nitrogens with zero attached hydrogens (tertiary/aromatic N) is 1. The van der Waals surface area contributed by atoms with Crippen molar-refractivity contribution in [2.45, 2.75) is 26.2 Å². The second-order valence-corrected chi connectivity index (χ2v) is 8.32. The molecule has 9 heteroatoms. The monoisotopic (exact) mass is 532 g/mol. The molecule has 0 fully saturated rings. The predicted octanol–water partition coefficient (Wildman–Crippen LogP) is 4.00. The van der Waals surface area contributed by atoms with Gasteiger partial charge in [-0.3, -0.25) is 4.72 Å². The Bertz CT molecular complexity index is 885. The fourth-order valence-electron chi connectivity index (χ4n) is 2.48. The number of hydrogen-bond acceptors (Lipinski definition) is 4. The molecule has 7 nitrogen and oxygen atoms in total. The third-order valence-electron chi connectivity index (χ3n) is 4.16. The minimum atomic E-state index is -3.28. The van der Waals surface area contributed by atoms with Crippen LogP contribution >= 0.6 is 24.0 Å². The van der Waals surface area contributed by atoms with Gasteiger partial charge in [0, 0.05) is 11.4 Å². The quantitative estimate of drug-likeness (QED) is 0.196. The number of hydrogen-bond donors (Lipinski definition) is 3. The van der Waals surface area contributed by atoms with Crippen LogP contribution in [0.2, 0.25) is 0 Å². The lowest BCUT2D eigenvalue weighted by Crippen LogP contribution is -2.23. The maximum Gasteiger partial charge on any atom is 0.229 e. The Morgan fingerprint density at radius 2 is 1.69 bits per heavy atom. The fourth-order valence-corrected chi connectivity index (χ4v) is 3.05. The molecule has 2 rings (SSSR count). The molecule has 1 atom stereocenters. The summed E-state index contributed by atoms with van der Waals surface area (Å²) in [6.07, 6.45) is 2.21. The van der Waals surface area contributed by atoms with Crippen molar-refractivity contribution in [1.29, 1.82) is 0 Å². The van der Waals surface area contributed by atoms with E-state index in [2.05, 4.69) is 41.0 Å². The summed E-state index contributed by atoms with van der Waals surface area (Å²) < 4.78 is 30.3. The molecular weight excluding hydrogens is 503 g/mol. The van der Waals surface area contributed by atoms with E-state index in [1.54, 1.807) is 24.3 Å². The minimum Gasteiger partial charge on any atom is -0.492 e. The summed E-state index contributed by atoms with van der Waals surface area (Å²) in [5.74, 6) is 1.49. The van der Waals surface area contributed by atoms with Crippen LogP contribution in [0.3, 0.4) is 0 Å². The average Bonchev–Trinajstić information content (AvgIpc) is 2.65. The van der Waals surface area contributed by atoms with Gasteiger partial charge in [-0.1, -0.05) is 26.0 Å². The Balaban J connectivity index is 0.00000420. The summed E-state index contributed by atoms with van der Waals surface area (Å²) in [5.41, 5.74) is 8.59. The van der Waals surface area contributed by atoms with Gasteiger partial charge in [-0.2, -0.15) is 0 Å². The summed E-state index contributed by atoms with van der Waals surface area (Å²) in [7, 11) is -3.28. The number of benzene rings is 2. The van der Waals surface area contributed by atoms with Crippen molar-refractivity contribution >= 4 is 51.3 Å². The van der Waals surface area contributed by atoms with Gasteiger partial charge in [0.2, 0.25) is 10.0 Å². The van der Waals surface area contributed by atoms with Gasteiger partial charge >= 0.3 is 0 Å². The highest BCUT2D eigenvalue weighted by Gasteiger charge is 2.03. The van der Waals surface area contributed by atoms with Crippen molar-refractivity contribution in [2.24, 2.45) is 10.7 Å². The van der Waals surface area contributed by atoms with Crippen LogP contribution in [0.5, 0.6) is 5.75 Å². The van der Waals surface area contributed by atoms with Crippen LogP contribution in [-0.2, 0) is 10.0 Å². The second-order valence-electron chi connectivity index (χ2n) is 6.57. The molecule has 0 aromatic heterocycles. The van der Waals surface area contributed by atoms with Gasteiger partial charge in [0.1, 0.15) is 12.4 Å². The van der Waals surface area contributed by atoms with Crippen LogP contribution in [0.4, 0.5) is 11.4 Å². The number of aliphatic imine (C=N–C) groups is 1. The van der Waals surface area contributed by atoms with Gasteiger partial charge in [-0.05, 0) is 54.3 Å². The molecule has 0 aliphatic carbocycles. The SMILES string of the molecule is CCC(C)c1ccc(NC(N)=NCCOc2ccc(NS(C)(=O)=O)cc2)cc1.I. The number of halogens is 1. The Labute approximate surface area is 190 Å². The number of ether oxygens (including phenoxy) is 1. The highest BCUT2D eigenvalue weighted by Crippen LogP contribution is 2.20. The largest absolute Gasteiger partial charge is 0.492 e. The zero-order valence-electron chi connectivity index (χ0n) is 16.9. The molecule has 2 aromatic carbocycles. The number of nitrogens with two attached hydrogens (primary N) is 1. The summed E-state index contributed by atoms with van der Waals surface area (Å²) in [5, 5.41) is 3.06. The van der Waals surface area contributed by atoms with Crippen molar-refractivity contribution in [1.82, 2.24) is 0 Å². The topological polar surface area (TPSA) is 106 Å². The first-order chi connectivity index (χ1) is 13.3. The van der Waals surface area contributed by atoms with Gasteiger partial charge in [0.15, 0.2) is 5.96 Å². The molecule has 0 spiro atoms. The second kappa shape index (κ2) is 11.9. The summed E-state index contributed by atoms with van der Waals surface area (Å²) in [6.45, 7) is 5.12. The normalized spacial score (nSPS) is 12.6. The van der Waals surface area contributed by atoms with Gasteiger partial charge in [-0.15, -0.1) is 24.0 Å². The van der Waals surface area contributed by atoms with Gasteiger partial charge in [0.05, 0.1) is 12.8 Å². The number of anilines is 2. The van der Waals surface area contributed by atoms with Crippen LogP contribution in [0.15, 0.2) is 53.5 Å². The maximum atomic E-state index is 11.2. The van der Waals surface area contributed by atoms with E-state index in [1.807, 2.05) is 12.1 Å². The number of guanidine groups is 1. The maximum absolute atomic E-state index is 11.2. The first-order valence-corrected chi connectivity index (χ1v) is 11.0. The van der Waals surface area contributed by atoms with Crippen LogP contribution in [0.25, 0.3) is 0 Å². The van der Waals surface area contributed by atoms with Gasteiger partial charge < -0.3 is 15.8 Å². The molecule has 0 heterocycles. The van der Waals surface area contributed by atoms with Crippen LogP contribution in [-0.4, -0.2) is 33.8 Å². The molecule has 2 aromatic rings. The summed E-state index contributed by atoms with van der Waals surface area (Å²) >= 11 is 0. The van der Waals surface area contributed by atoms with E-state index in [1.165, 1.54) is 5.56 Å². The van der Waals surface area contributed by atoms with E-state index in [4.69, 9.17) is 10.5 Å². The molecule has 0 bridgehead atoms. The minimum absolute atomic E-state index is 0. The lowest BCUT2D eigenvalue weighted by molar-refractivity contribution is 0.329. The lowest BCUT2D eigenvalue weighted by atomic mass is 9.99. The summed E-state index contributed by atoms with van der Waals surface area (Å²) in [4.78, 5) is 4.24. The molecule has 1 unspecified atom stereocenters. The highest BCUT2D eigenvalue weighted by atomic mass is 127. The first-order valence-electron chi connectivity index (χ1n) is 9.14. The molecule has 0 aliphatic rings. The number of sulfonamides is 1. The summed E-state index contributed by atoms with van der Waals surface area (Å²) in [6, 6.07) is 14.8. The molecule has 160 valence electrons. The Morgan fingerprint density at radius 3 is 2.24 bits per heavy atom.